The summed E-state index contributed by atoms with van der Waals surface area (Å²) in [5, 5.41) is 12.4. The van der Waals surface area contributed by atoms with E-state index in [9.17, 15) is 14.4 Å². The molecule has 0 aliphatic carbocycles. The number of aromatic nitrogens is 1. The van der Waals surface area contributed by atoms with E-state index in [4.69, 9.17) is 5.11 Å². The van der Waals surface area contributed by atoms with Crippen molar-refractivity contribution in [1.82, 2.24) is 15.2 Å². The van der Waals surface area contributed by atoms with E-state index in [1.807, 2.05) is 18.2 Å². The lowest BCUT2D eigenvalue weighted by atomic mass is 10.0. The van der Waals surface area contributed by atoms with Crippen LogP contribution in [0, 0.1) is 0 Å². The van der Waals surface area contributed by atoms with Crippen molar-refractivity contribution in [3.8, 4) is 0 Å². The Morgan fingerprint density at radius 1 is 1.38 bits per heavy atom. The zero-order chi connectivity index (χ0) is 17.1. The van der Waals surface area contributed by atoms with Crippen LogP contribution in [0.15, 0.2) is 24.3 Å². The molecule has 2 aromatic rings. The molecule has 0 bridgehead atoms. The number of hydrogen-bond acceptors (Lipinski definition) is 3. The lowest BCUT2D eigenvalue weighted by Crippen LogP contribution is -2.48. The predicted octanol–water partition coefficient (Wildman–Crippen LogP) is 1.03. The Balaban J connectivity index is 1.76. The number of hydrogen-bond donors (Lipinski definition) is 3. The van der Waals surface area contributed by atoms with Crippen LogP contribution in [0.1, 0.15) is 24.1 Å². The maximum absolute atomic E-state index is 12.6. The molecule has 0 unspecified atom stereocenters. The monoisotopic (exact) mass is 329 g/mol. The van der Waals surface area contributed by atoms with E-state index in [-0.39, 0.29) is 18.7 Å². The summed E-state index contributed by atoms with van der Waals surface area (Å²) < 4.78 is 0. The first kappa shape index (κ1) is 16.0. The van der Waals surface area contributed by atoms with Gasteiger partial charge in [-0.05, 0) is 24.5 Å². The van der Waals surface area contributed by atoms with Crippen molar-refractivity contribution in [3.63, 3.8) is 0 Å². The highest BCUT2D eigenvalue weighted by molar-refractivity contribution is 5.87. The van der Waals surface area contributed by atoms with Crippen molar-refractivity contribution in [2.75, 3.05) is 6.54 Å². The van der Waals surface area contributed by atoms with Crippen molar-refractivity contribution in [2.45, 2.75) is 31.8 Å². The molecule has 0 radical (unpaired) electrons. The van der Waals surface area contributed by atoms with E-state index in [2.05, 4.69) is 16.4 Å². The first-order valence-electron chi connectivity index (χ1n) is 7.89. The van der Waals surface area contributed by atoms with E-state index < -0.39 is 12.0 Å². The highest BCUT2D eigenvalue weighted by atomic mass is 16.4. The van der Waals surface area contributed by atoms with E-state index in [0.717, 1.165) is 17.6 Å². The molecule has 0 fully saturated rings. The Morgan fingerprint density at radius 3 is 2.92 bits per heavy atom. The fourth-order valence-electron chi connectivity index (χ4n) is 3.23. The maximum Gasteiger partial charge on any atom is 0.303 e. The molecule has 7 nitrogen and oxygen atoms in total. The molecular weight excluding hydrogens is 310 g/mol. The number of carboxylic acid groups (broad SMARTS) is 1. The van der Waals surface area contributed by atoms with Crippen LogP contribution in [-0.2, 0) is 27.3 Å². The van der Waals surface area contributed by atoms with Crippen LogP contribution in [0.4, 0.5) is 0 Å². The summed E-state index contributed by atoms with van der Waals surface area (Å²) in [4.78, 5) is 39.1. The number of aromatic amines is 1. The number of nitrogens with zero attached hydrogens (tertiary/aromatic N) is 1. The zero-order valence-electron chi connectivity index (χ0n) is 13.1. The van der Waals surface area contributed by atoms with Gasteiger partial charge in [-0.15, -0.1) is 0 Å². The Hall–Kier alpha value is -2.83. The summed E-state index contributed by atoms with van der Waals surface area (Å²) in [6.07, 6.45) is 1.10. The number of nitrogens with one attached hydrogen (secondary N) is 2. The van der Waals surface area contributed by atoms with Crippen LogP contribution in [-0.4, -0.2) is 45.9 Å². The average molecular weight is 329 g/mol. The molecule has 1 aromatic heterocycles. The van der Waals surface area contributed by atoms with Crippen LogP contribution >= 0.6 is 0 Å². The van der Waals surface area contributed by atoms with Gasteiger partial charge in [-0.2, -0.15) is 0 Å². The maximum atomic E-state index is 12.6. The number of amides is 2. The highest BCUT2D eigenvalue weighted by Crippen LogP contribution is 2.27. The molecule has 0 saturated carbocycles. The van der Waals surface area contributed by atoms with Crippen LogP contribution < -0.4 is 5.32 Å². The van der Waals surface area contributed by atoms with Gasteiger partial charge in [0.15, 0.2) is 0 Å². The molecule has 2 heterocycles. The third-order valence-corrected chi connectivity index (χ3v) is 4.41. The van der Waals surface area contributed by atoms with Gasteiger partial charge in [0.25, 0.3) is 0 Å². The van der Waals surface area contributed by atoms with Crippen LogP contribution in [0.2, 0.25) is 0 Å². The average Bonchev–Trinajstić information content (AvgIpc) is 2.95. The fraction of sp³-hybridized carbons (Fsp3) is 0.353. The van der Waals surface area contributed by atoms with Crippen molar-refractivity contribution in [2.24, 2.45) is 0 Å². The fourth-order valence-corrected chi connectivity index (χ4v) is 3.23. The minimum atomic E-state index is -0.989. The molecule has 3 rings (SSSR count). The van der Waals surface area contributed by atoms with Gasteiger partial charge in [-0.3, -0.25) is 14.4 Å². The van der Waals surface area contributed by atoms with Gasteiger partial charge in [-0.1, -0.05) is 18.2 Å². The number of fused-ring (bicyclic) bond motifs is 3. The largest absolute Gasteiger partial charge is 0.481 e. The minimum absolute atomic E-state index is 0.0863. The second-order valence-electron chi connectivity index (χ2n) is 5.91. The molecule has 24 heavy (non-hydrogen) atoms. The summed E-state index contributed by atoms with van der Waals surface area (Å²) >= 11 is 0. The van der Waals surface area contributed by atoms with E-state index >= 15 is 0 Å². The third kappa shape index (κ3) is 3.10. The van der Waals surface area contributed by atoms with Gasteiger partial charge in [0.2, 0.25) is 12.3 Å². The van der Waals surface area contributed by atoms with Crippen LogP contribution in [0.3, 0.4) is 0 Å². The number of carbonyl (C=O) groups is 3. The Kier molecular flexibility index (Phi) is 4.50. The van der Waals surface area contributed by atoms with E-state index in [1.54, 1.807) is 4.90 Å². The molecule has 1 aliphatic rings. The molecule has 1 aliphatic heterocycles. The number of rotatable bonds is 6. The van der Waals surface area contributed by atoms with E-state index in [1.165, 1.54) is 10.9 Å². The molecule has 0 spiro atoms. The summed E-state index contributed by atoms with van der Waals surface area (Å²) in [5.41, 5.74) is 3.27. The smallest absolute Gasteiger partial charge is 0.303 e. The molecule has 0 saturated heterocycles. The molecule has 7 heteroatoms. The molecule has 3 N–H and O–H groups in total. The summed E-state index contributed by atoms with van der Waals surface area (Å²) in [6, 6.07) is 7.21. The molecular formula is C17H19N3O4. The van der Waals surface area contributed by atoms with E-state index in [0.29, 0.717) is 19.5 Å². The summed E-state index contributed by atoms with van der Waals surface area (Å²) in [5.74, 6) is -1.23. The number of H-pyrrole nitrogens is 1. The number of benzene rings is 1. The standard InChI is InChI=1S/C17H19N3O4/c21-10-18-14(5-6-16(22)23)17(24)20-8-7-12-11-3-1-2-4-13(11)19-15(12)9-20/h1-4,10,14,19H,5-9H2,(H,18,21)(H,22,23)/t14-/m0/s1. The Bertz CT molecular complexity index is 783. The van der Waals surface area contributed by atoms with Gasteiger partial charge >= 0.3 is 5.97 Å². The Labute approximate surface area is 138 Å². The first-order chi connectivity index (χ1) is 11.6. The minimum Gasteiger partial charge on any atom is -0.481 e. The summed E-state index contributed by atoms with van der Waals surface area (Å²) in [6.45, 7) is 0.991. The van der Waals surface area contributed by atoms with Gasteiger partial charge in [-0.25, -0.2) is 0 Å². The van der Waals surface area contributed by atoms with Crippen molar-refractivity contribution in [1.29, 1.82) is 0 Å². The first-order valence-corrected chi connectivity index (χ1v) is 7.89. The highest BCUT2D eigenvalue weighted by Gasteiger charge is 2.28. The quantitative estimate of drug-likeness (QED) is 0.689. The topological polar surface area (TPSA) is 102 Å². The molecule has 1 atom stereocenters. The van der Waals surface area contributed by atoms with Crippen molar-refractivity contribution in [3.05, 3.63) is 35.5 Å². The molecule has 1 aromatic carbocycles. The van der Waals surface area contributed by atoms with Crippen molar-refractivity contribution < 1.29 is 19.5 Å². The number of carbonyl (C=O) groups excluding carboxylic acids is 2. The van der Waals surface area contributed by atoms with Gasteiger partial charge in [0, 0.05) is 29.6 Å². The van der Waals surface area contributed by atoms with Gasteiger partial charge in [0.05, 0.1) is 6.54 Å². The van der Waals surface area contributed by atoms with Crippen LogP contribution in [0.25, 0.3) is 10.9 Å². The second kappa shape index (κ2) is 6.74. The van der Waals surface area contributed by atoms with Gasteiger partial charge in [0.1, 0.15) is 6.04 Å². The second-order valence-corrected chi connectivity index (χ2v) is 5.91. The molecule has 2 amide bonds. The third-order valence-electron chi connectivity index (χ3n) is 4.41. The lowest BCUT2D eigenvalue weighted by Gasteiger charge is -2.30. The SMILES string of the molecule is O=CN[C@@H](CCC(=O)O)C(=O)N1CCc2c([nH]c3ccccc23)C1. The number of carboxylic acids is 1. The lowest BCUT2D eigenvalue weighted by molar-refractivity contribution is -0.139. The summed E-state index contributed by atoms with van der Waals surface area (Å²) in [7, 11) is 0. The number of para-hydroxylation sites is 1. The van der Waals surface area contributed by atoms with Crippen molar-refractivity contribution >= 4 is 29.2 Å². The predicted molar refractivity (Wildman–Crippen MR) is 87.3 cm³/mol. The number of aliphatic carboxylic acids is 1. The zero-order valence-corrected chi connectivity index (χ0v) is 13.1. The molecule has 126 valence electrons. The normalized spacial score (nSPS) is 14.9. The Morgan fingerprint density at radius 2 is 2.17 bits per heavy atom. The van der Waals surface area contributed by atoms with Gasteiger partial charge < -0.3 is 20.3 Å². The van der Waals surface area contributed by atoms with Crippen LogP contribution in [0.5, 0.6) is 0 Å².